The molecule has 1 aromatic carbocycles. The maximum absolute atomic E-state index is 11.1. The van der Waals surface area contributed by atoms with E-state index < -0.39 is 16.1 Å². The number of nitrogens with one attached hydrogen (secondary N) is 1. The third kappa shape index (κ3) is 3.68. The molecule has 4 N–H and O–H groups in total. The first-order chi connectivity index (χ1) is 9.38. The lowest BCUT2D eigenvalue weighted by Gasteiger charge is -2.12. The number of aromatic nitrogens is 1. The van der Waals surface area contributed by atoms with Crippen LogP contribution < -0.4 is 10.5 Å². The van der Waals surface area contributed by atoms with E-state index in [-0.39, 0.29) is 10.8 Å². The Morgan fingerprint density at radius 3 is 2.75 bits per heavy atom. The molecule has 0 radical (unpaired) electrons. The molecule has 0 saturated carbocycles. The van der Waals surface area contributed by atoms with Crippen molar-refractivity contribution in [2.75, 3.05) is 11.9 Å². The number of sulfonamides is 1. The number of aliphatic hydroxyl groups excluding tert-OH is 1. The summed E-state index contributed by atoms with van der Waals surface area (Å²) >= 11 is 6.87. The van der Waals surface area contributed by atoms with Gasteiger partial charge in [-0.25, -0.2) is 18.5 Å². The Morgan fingerprint density at radius 1 is 1.45 bits per heavy atom. The second kappa shape index (κ2) is 6.06. The minimum Gasteiger partial charge on any atom is -0.387 e. The maximum atomic E-state index is 11.1. The van der Waals surface area contributed by atoms with Crippen LogP contribution in [0, 0.1) is 0 Å². The van der Waals surface area contributed by atoms with E-state index in [1.54, 1.807) is 24.3 Å². The fourth-order valence-electron chi connectivity index (χ4n) is 1.51. The van der Waals surface area contributed by atoms with Gasteiger partial charge in [0.1, 0.15) is 0 Å². The lowest BCUT2D eigenvalue weighted by atomic mass is 10.1. The van der Waals surface area contributed by atoms with Gasteiger partial charge in [-0.3, -0.25) is 0 Å². The molecule has 0 aliphatic carbocycles. The van der Waals surface area contributed by atoms with Crippen LogP contribution in [0.3, 0.4) is 0 Å². The van der Waals surface area contributed by atoms with Gasteiger partial charge in [-0.15, -0.1) is 0 Å². The molecule has 9 heteroatoms. The molecule has 2 rings (SSSR count). The van der Waals surface area contributed by atoms with Crippen molar-refractivity contribution >= 4 is 38.1 Å². The first kappa shape index (κ1) is 15.2. The van der Waals surface area contributed by atoms with Crippen molar-refractivity contribution in [3.63, 3.8) is 0 Å². The van der Waals surface area contributed by atoms with Gasteiger partial charge in [0.05, 0.1) is 12.3 Å². The van der Waals surface area contributed by atoms with Gasteiger partial charge in [0, 0.05) is 17.1 Å². The van der Waals surface area contributed by atoms with Gasteiger partial charge in [-0.2, -0.15) is 0 Å². The van der Waals surface area contributed by atoms with E-state index in [1.807, 2.05) is 0 Å². The third-order valence-corrected chi connectivity index (χ3v) is 5.18. The minimum atomic E-state index is -3.75. The number of hydrogen-bond donors (Lipinski definition) is 3. The number of rotatable bonds is 5. The summed E-state index contributed by atoms with van der Waals surface area (Å²) < 4.78 is 22.2. The molecular formula is C11H12ClN3O3S2. The molecule has 0 spiro atoms. The normalized spacial score (nSPS) is 13.2. The number of anilines is 1. The molecule has 0 bridgehead atoms. The number of aliphatic hydroxyl groups is 1. The summed E-state index contributed by atoms with van der Waals surface area (Å²) in [5.74, 6) is 0. The highest BCUT2D eigenvalue weighted by Crippen LogP contribution is 2.25. The summed E-state index contributed by atoms with van der Waals surface area (Å²) in [4.78, 5) is 3.87. The summed E-state index contributed by atoms with van der Waals surface area (Å²) in [6.45, 7) is 0.154. The number of nitrogens with zero attached hydrogens (tertiary/aromatic N) is 1. The van der Waals surface area contributed by atoms with Crippen molar-refractivity contribution in [3.05, 3.63) is 41.0 Å². The highest BCUT2D eigenvalue weighted by molar-refractivity contribution is 7.91. The third-order valence-electron chi connectivity index (χ3n) is 2.48. The first-order valence-electron chi connectivity index (χ1n) is 5.53. The zero-order chi connectivity index (χ0) is 14.8. The number of hydrogen-bond acceptors (Lipinski definition) is 6. The largest absolute Gasteiger partial charge is 0.387 e. The van der Waals surface area contributed by atoms with E-state index in [4.69, 9.17) is 16.7 Å². The van der Waals surface area contributed by atoms with E-state index in [0.717, 1.165) is 11.3 Å². The van der Waals surface area contributed by atoms with Gasteiger partial charge < -0.3 is 10.4 Å². The van der Waals surface area contributed by atoms with Crippen molar-refractivity contribution in [3.8, 4) is 0 Å². The lowest BCUT2D eigenvalue weighted by Crippen LogP contribution is -2.12. The zero-order valence-electron chi connectivity index (χ0n) is 10.2. The van der Waals surface area contributed by atoms with Gasteiger partial charge in [0.2, 0.25) is 10.0 Å². The standard InChI is InChI=1S/C11H12ClN3O3S2/c12-8-4-2-1-3-7(8)9(16)5-14-11-15-6-10(19-11)20(13,17)18/h1-4,6,9,16H,5H2,(H,14,15)(H2,13,17,18). The average Bonchev–Trinajstić information content (AvgIpc) is 2.85. The SMILES string of the molecule is NS(=O)(=O)c1cnc(NCC(O)c2ccccc2Cl)s1. The minimum absolute atomic E-state index is 0.0350. The Hall–Kier alpha value is -1.19. The topological polar surface area (TPSA) is 105 Å². The average molecular weight is 334 g/mol. The van der Waals surface area contributed by atoms with Gasteiger partial charge in [0.25, 0.3) is 0 Å². The van der Waals surface area contributed by atoms with E-state index in [9.17, 15) is 13.5 Å². The molecule has 0 fully saturated rings. The molecule has 1 aromatic heterocycles. The fourth-order valence-corrected chi connectivity index (χ4v) is 3.23. The predicted octanol–water partition coefficient (Wildman–Crippen LogP) is 1.59. The van der Waals surface area contributed by atoms with Crippen LogP contribution in [0.25, 0.3) is 0 Å². The number of primary sulfonamides is 1. The summed E-state index contributed by atoms with van der Waals surface area (Å²) in [5.41, 5.74) is 0.588. The monoisotopic (exact) mass is 333 g/mol. The van der Waals surface area contributed by atoms with Gasteiger partial charge in [-0.1, -0.05) is 41.1 Å². The smallest absolute Gasteiger partial charge is 0.249 e. The molecule has 2 aromatic rings. The molecule has 0 aliphatic rings. The van der Waals surface area contributed by atoms with Crippen molar-refractivity contribution in [2.45, 2.75) is 10.3 Å². The number of thiazole rings is 1. The zero-order valence-corrected chi connectivity index (χ0v) is 12.5. The van der Waals surface area contributed by atoms with Crippen molar-refractivity contribution in [1.29, 1.82) is 0 Å². The first-order valence-corrected chi connectivity index (χ1v) is 8.27. The van der Waals surface area contributed by atoms with E-state index in [1.165, 1.54) is 6.20 Å². The Balaban J connectivity index is 2.02. The quantitative estimate of drug-likeness (QED) is 0.770. The Kier molecular flexibility index (Phi) is 4.61. The Morgan fingerprint density at radius 2 is 2.15 bits per heavy atom. The van der Waals surface area contributed by atoms with E-state index in [2.05, 4.69) is 10.3 Å². The van der Waals surface area contributed by atoms with Crippen molar-refractivity contribution in [2.24, 2.45) is 5.14 Å². The molecule has 1 heterocycles. The van der Waals surface area contributed by atoms with Crippen LogP contribution in [0.15, 0.2) is 34.7 Å². The molecule has 6 nitrogen and oxygen atoms in total. The number of nitrogens with two attached hydrogens (primary N) is 1. The Labute approximate surface area is 125 Å². The van der Waals surface area contributed by atoms with Crippen molar-refractivity contribution < 1.29 is 13.5 Å². The van der Waals surface area contributed by atoms with Crippen LogP contribution in [-0.2, 0) is 10.0 Å². The fraction of sp³-hybridized carbons (Fsp3) is 0.182. The van der Waals surface area contributed by atoms with Gasteiger partial charge in [0.15, 0.2) is 9.34 Å². The summed E-state index contributed by atoms with van der Waals surface area (Å²) in [6, 6.07) is 6.94. The van der Waals surface area contributed by atoms with Gasteiger partial charge in [-0.05, 0) is 6.07 Å². The summed E-state index contributed by atoms with van der Waals surface area (Å²) in [6.07, 6.45) is 0.343. The molecule has 20 heavy (non-hydrogen) atoms. The molecule has 108 valence electrons. The summed E-state index contributed by atoms with van der Waals surface area (Å²) in [5, 5.41) is 18.7. The lowest BCUT2D eigenvalue weighted by molar-refractivity contribution is 0.191. The molecule has 1 atom stereocenters. The second-order valence-corrected chi connectivity index (χ2v) is 7.17. The van der Waals surface area contributed by atoms with E-state index >= 15 is 0 Å². The van der Waals surface area contributed by atoms with Crippen LogP contribution in [0.1, 0.15) is 11.7 Å². The highest BCUT2D eigenvalue weighted by Gasteiger charge is 2.14. The Bertz CT molecular complexity index is 702. The molecule has 0 aliphatic heterocycles. The number of halogens is 1. The summed E-state index contributed by atoms with van der Waals surface area (Å²) in [7, 11) is -3.75. The van der Waals surface area contributed by atoms with Crippen molar-refractivity contribution in [1.82, 2.24) is 4.98 Å². The molecule has 0 saturated heterocycles. The maximum Gasteiger partial charge on any atom is 0.249 e. The van der Waals surface area contributed by atoms with Crippen LogP contribution in [0.5, 0.6) is 0 Å². The molecule has 0 amide bonds. The van der Waals surface area contributed by atoms with Crippen LogP contribution in [0.4, 0.5) is 5.13 Å². The van der Waals surface area contributed by atoms with Crippen LogP contribution in [0.2, 0.25) is 5.02 Å². The predicted molar refractivity (Wildman–Crippen MR) is 78.4 cm³/mol. The second-order valence-electron chi connectivity index (χ2n) is 3.95. The van der Waals surface area contributed by atoms with Crippen LogP contribution in [-0.4, -0.2) is 25.1 Å². The number of benzene rings is 1. The van der Waals surface area contributed by atoms with Gasteiger partial charge >= 0.3 is 0 Å². The highest BCUT2D eigenvalue weighted by atomic mass is 35.5. The molecule has 1 unspecified atom stereocenters. The van der Waals surface area contributed by atoms with E-state index in [0.29, 0.717) is 15.7 Å². The molecular weight excluding hydrogens is 322 g/mol. The van der Waals surface area contributed by atoms with Crippen LogP contribution >= 0.6 is 22.9 Å².